The molecule has 3 N–H and O–H groups in total. The Morgan fingerprint density at radius 2 is 2.33 bits per heavy atom. The molecule has 0 aliphatic carbocycles. The van der Waals surface area contributed by atoms with Crippen LogP contribution in [0.3, 0.4) is 0 Å². The van der Waals surface area contributed by atoms with Gasteiger partial charge in [-0.05, 0) is 25.5 Å². The quantitative estimate of drug-likeness (QED) is 0.848. The lowest BCUT2D eigenvalue weighted by atomic mass is 10.2. The molecule has 6 nitrogen and oxygen atoms in total. The van der Waals surface area contributed by atoms with E-state index in [9.17, 15) is 4.79 Å². The van der Waals surface area contributed by atoms with Crippen LogP contribution in [0, 0.1) is 0 Å². The molecule has 2 aromatic rings. The van der Waals surface area contributed by atoms with E-state index in [0.717, 1.165) is 17.7 Å². The van der Waals surface area contributed by atoms with Crippen molar-refractivity contribution in [1.29, 1.82) is 0 Å². The highest BCUT2D eigenvalue weighted by molar-refractivity contribution is 5.76. The zero-order chi connectivity index (χ0) is 15.2. The molecule has 0 radical (unpaired) electrons. The topological polar surface area (TPSA) is 85.8 Å². The van der Waals surface area contributed by atoms with Crippen molar-refractivity contribution in [1.82, 2.24) is 19.9 Å². The molecule has 2 aromatic heterocycles. The van der Waals surface area contributed by atoms with Crippen LogP contribution in [0.1, 0.15) is 26.7 Å². The van der Waals surface area contributed by atoms with Crippen molar-refractivity contribution in [2.45, 2.75) is 39.3 Å². The van der Waals surface area contributed by atoms with Crippen LogP contribution in [0.5, 0.6) is 0 Å². The Balaban J connectivity index is 2.03. The molecule has 0 aliphatic heterocycles. The molecule has 1 amide bonds. The average molecular weight is 287 g/mol. The van der Waals surface area contributed by atoms with E-state index in [1.807, 2.05) is 24.5 Å². The number of hydrogen-bond donors (Lipinski definition) is 2. The minimum absolute atomic E-state index is 0.0539. The van der Waals surface area contributed by atoms with E-state index in [1.165, 1.54) is 0 Å². The van der Waals surface area contributed by atoms with Crippen molar-refractivity contribution in [3.8, 4) is 11.3 Å². The molecule has 0 fully saturated rings. The van der Waals surface area contributed by atoms with Crippen molar-refractivity contribution in [3.05, 3.63) is 30.9 Å². The van der Waals surface area contributed by atoms with Gasteiger partial charge in [0.25, 0.3) is 0 Å². The van der Waals surface area contributed by atoms with Crippen LogP contribution in [0.4, 0.5) is 5.82 Å². The number of nitrogen functional groups attached to an aromatic ring is 1. The smallest absolute Gasteiger partial charge is 0.221 e. The molecular formula is C15H21N5O. The second-order valence-electron chi connectivity index (χ2n) is 5.07. The third-order valence-corrected chi connectivity index (χ3v) is 3.39. The Hall–Kier alpha value is -2.37. The van der Waals surface area contributed by atoms with Gasteiger partial charge >= 0.3 is 0 Å². The predicted octanol–water partition coefficient (Wildman–Crippen LogP) is 1.83. The van der Waals surface area contributed by atoms with Crippen molar-refractivity contribution in [2.24, 2.45) is 0 Å². The van der Waals surface area contributed by atoms with Crippen LogP contribution < -0.4 is 11.1 Å². The maximum Gasteiger partial charge on any atom is 0.221 e. The van der Waals surface area contributed by atoms with E-state index in [1.54, 1.807) is 24.8 Å². The molecule has 0 spiro atoms. The number of pyridine rings is 1. The van der Waals surface area contributed by atoms with E-state index in [0.29, 0.717) is 18.8 Å². The van der Waals surface area contributed by atoms with E-state index in [-0.39, 0.29) is 11.9 Å². The summed E-state index contributed by atoms with van der Waals surface area (Å²) >= 11 is 0. The lowest BCUT2D eigenvalue weighted by Gasteiger charge is -2.12. The third-order valence-electron chi connectivity index (χ3n) is 3.39. The van der Waals surface area contributed by atoms with Gasteiger partial charge in [0.05, 0.1) is 18.2 Å². The summed E-state index contributed by atoms with van der Waals surface area (Å²) in [5.41, 5.74) is 7.58. The largest absolute Gasteiger partial charge is 0.384 e. The summed E-state index contributed by atoms with van der Waals surface area (Å²) in [6.45, 7) is 4.63. The maximum atomic E-state index is 11.8. The first-order chi connectivity index (χ1) is 10.1. The lowest BCUT2D eigenvalue weighted by molar-refractivity contribution is -0.121. The fourth-order valence-electron chi connectivity index (χ4n) is 2.02. The Morgan fingerprint density at radius 1 is 1.52 bits per heavy atom. The van der Waals surface area contributed by atoms with Crippen LogP contribution in [0.2, 0.25) is 0 Å². The number of nitrogens with zero attached hydrogens (tertiary/aromatic N) is 3. The second kappa shape index (κ2) is 6.88. The molecular weight excluding hydrogens is 266 g/mol. The Kier molecular flexibility index (Phi) is 4.92. The number of nitrogens with one attached hydrogen (secondary N) is 1. The van der Waals surface area contributed by atoms with Crippen molar-refractivity contribution in [3.63, 3.8) is 0 Å². The van der Waals surface area contributed by atoms with Crippen LogP contribution in [0.15, 0.2) is 30.9 Å². The van der Waals surface area contributed by atoms with E-state index >= 15 is 0 Å². The van der Waals surface area contributed by atoms with E-state index < -0.39 is 0 Å². The zero-order valence-corrected chi connectivity index (χ0v) is 12.4. The molecule has 2 heterocycles. The van der Waals surface area contributed by atoms with Crippen LogP contribution in [-0.2, 0) is 11.3 Å². The first-order valence-corrected chi connectivity index (χ1v) is 7.11. The number of amides is 1. The minimum atomic E-state index is 0.0539. The number of anilines is 1. The van der Waals surface area contributed by atoms with Gasteiger partial charge in [-0.15, -0.1) is 0 Å². The first-order valence-electron chi connectivity index (χ1n) is 7.11. The molecule has 0 saturated carbocycles. The number of carbonyl (C=O) groups is 1. The summed E-state index contributed by atoms with van der Waals surface area (Å²) < 4.78 is 1.95. The lowest BCUT2D eigenvalue weighted by Crippen LogP contribution is -2.32. The number of imidazole rings is 1. The summed E-state index contributed by atoms with van der Waals surface area (Å²) in [5, 5.41) is 2.96. The van der Waals surface area contributed by atoms with Gasteiger partial charge in [-0.1, -0.05) is 6.92 Å². The highest BCUT2D eigenvalue weighted by Gasteiger charge is 2.09. The average Bonchev–Trinajstić information content (AvgIpc) is 2.93. The molecule has 1 unspecified atom stereocenters. The Labute approximate surface area is 124 Å². The fourth-order valence-corrected chi connectivity index (χ4v) is 2.02. The van der Waals surface area contributed by atoms with Crippen LogP contribution >= 0.6 is 0 Å². The Bertz CT molecular complexity index is 608. The second-order valence-corrected chi connectivity index (χ2v) is 5.07. The van der Waals surface area contributed by atoms with Gasteiger partial charge in [-0.25, -0.2) is 9.97 Å². The highest BCUT2D eigenvalue weighted by Crippen LogP contribution is 2.20. The SMILES string of the molecule is CCC(C)NC(=O)CCn1cncc1-c1ccnc(N)c1. The summed E-state index contributed by atoms with van der Waals surface area (Å²) in [6.07, 6.45) is 6.51. The van der Waals surface area contributed by atoms with Crippen molar-refractivity contribution < 1.29 is 4.79 Å². The number of carbonyl (C=O) groups excluding carboxylic acids is 1. The van der Waals surface area contributed by atoms with Crippen LogP contribution in [-0.4, -0.2) is 26.5 Å². The molecule has 0 aliphatic rings. The third kappa shape index (κ3) is 4.05. The molecule has 112 valence electrons. The normalized spacial score (nSPS) is 12.1. The number of hydrogen-bond acceptors (Lipinski definition) is 4. The molecule has 0 bridgehead atoms. The summed E-state index contributed by atoms with van der Waals surface area (Å²) in [5.74, 6) is 0.521. The van der Waals surface area contributed by atoms with E-state index in [2.05, 4.69) is 15.3 Å². The maximum absolute atomic E-state index is 11.8. The fraction of sp³-hybridized carbons (Fsp3) is 0.400. The summed E-state index contributed by atoms with van der Waals surface area (Å²) in [6, 6.07) is 3.88. The van der Waals surface area contributed by atoms with Crippen molar-refractivity contribution >= 4 is 11.7 Å². The summed E-state index contributed by atoms with van der Waals surface area (Å²) in [4.78, 5) is 20.0. The van der Waals surface area contributed by atoms with Crippen LogP contribution in [0.25, 0.3) is 11.3 Å². The molecule has 2 rings (SSSR count). The van der Waals surface area contributed by atoms with Gasteiger partial charge in [0.1, 0.15) is 5.82 Å². The molecule has 21 heavy (non-hydrogen) atoms. The Morgan fingerprint density at radius 3 is 3.05 bits per heavy atom. The predicted molar refractivity (Wildman–Crippen MR) is 82.4 cm³/mol. The molecule has 0 saturated heterocycles. The van der Waals surface area contributed by atoms with Gasteiger partial charge in [-0.2, -0.15) is 0 Å². The highest BCUT2D eigenvalue weighted by atomic mass is 16.1. The van der Waals surface area contributed by atoms with Gasteiger partial charge in [0, 0.05) is 30.8 Å². The summed E-state index contributed by atoms with van der Waals surface area (Å²) in [7, 11) is 0. The molecule has 6 heteroatoms. The van der Waals surface area contributed by atoms with E-state index in [4.69, 9.17) is 5.73 Å². The zero-order valence-electron chi connectivity index (χ0n) is 12.4. The number of nitrogens with two attached hydrogens (primary N) is 1. The number of aryl methyl sites for hydroxylation is 1. The van der Waals surface area contributed by atoms with Crippen molar-refractivity contribution in [2.75, 3.05) is 5.73 Å². The molecule has 0 aromatic carbocycles. The van der Waals surface area contributed by atoms with Gasteiger partial charge in [-0.3, -0.25) is 4.79 Å². The number of rotatable bonds is 6. The standard InChI is InChI=1S/C15H21N5O/c1-3-11(2)19-15(21)5-7-20-10-17-9-13(20)12-4-6-18-14(16)8-12/h4,6,8-11H,3,5,7H2,1-2H3,(H2,16,18)(H,19,21). The number of aromatic nitrogens is 3. The van der Waals surface area contributed by atoms with Gasteiger partial charge < -0.3 is 15.6 Å². The molecule has 1 atom stereocenters. The van der Waals surface area contributed by atoms with Gasteiger partial charge in [0.2, 0.25) is 5.91 Å². The monoisotopic (exact) mass is 287 g/mol. The minimum Gasteiger partial charge on any atom is -0.384 e. The first kappa shape index (κ1) is 15.0. The van der Waals surface area contributed by atoms with Gasteiger partial charge in [0.15, 0.2) is 0 Å².